The molecule has 0 saturated carbocycles. The number of likely N-dealkylation sites (N-methyl/N-ethyl adjacent to an activating group) is 2. The zero-order valence-electron chi connectivity index (χ0n) is 14.6. The van der Waals surface area contributed by atoms with Crippen molar-refractivity contribution in [3.63, 3.8) is 0 Å². The maximum atomic E-state index is 12.4. The number of nitrogens with zero attached hydrogens (tertiary/aromatic N) is 2. The Labute approximate surface area is 156 Å². The van der Waals surface area contributed by atoms with Crippen LogP contribution in [0.5, 0.6) is 5.75 Å². The molecule has 0 aromatic heterocycles. The summed E-state index contributed by atoms with van der Waals surface area (Å²) in [6.45, 7) is 3.37. The number of ether oxygens (including phenoxy) is 1. The van der Waals surface area contributed by atoms with E-state index in [1.807, 2.05) is 30.3 Å². The normalized spacial score (nSPS) is 25.0. The second kappa shape index (κ2) is 5.85. The Morgan fingerprint density at radius 3 is 2.68 bits per heavy atom. The van der Waals surface area contributed by atoms with Crippen LogP contribution >= 0.6 is 15.9 Å². The smallest absolute Gasteiger partial charge is 0.343 e. The van der Waals surface area contributed by atoms with Crippen LogP contribution in [0.25, 0.3) is 0 Å². The van der Waals surface area contributed by atoms with Gasteiger partial charge in [0.2, 0.25) is 0 Å². The number of benzene rings is 2. The quantitative estimate of drug-likeness (QED) is 0.562. The number of carbonyl (C=O) groups is 1. The average molecular weight is 401 g/mol. The molecule has 0 bridgehead atoms. The lowest BCUT2D eigenvalue weighted by molar-refractivity contribution is 0.0734. The van der Waals surface area contributed by atoms with E-state index in [1.54, 1.807) is 12.1 Å². The topological polar surface area (TPSA) is 32.8 Å². The fourth-order valence-electron chi connectivity index (χ4n) is 4.43. The molecule has 25 heavy (non-hydrogen) atoms. The summed E-state index contributed by atoms with van der Waals surface area (Å²) in [5.41, 5.74) is 3.03. The Hall–Kier alpha value is -1.85. The summed E-state index contributed by atoms with van der Waals surface area (Å²) in [6.07, 6.45) is 1.42. The number of esters is 1. The summed E-state index contributed by atoms with van der Waals surface area (Å²) in [5, 5.41) is 0. The first kappa shape index (κ1) is 16.6. The van der Waals surface area contributed by atoms with E-state index in [1.165, 1.54) is 11.3 Å². The van der Waals surface area contributed by atoms with E-state index in [-0.39, 0.29) is 11.4 Å². The molecule has 4 rings (SSSR count). The first-order chi connectivity index (χ1) is 11.9. The zero-order valence-corrected chi connectivity index (χ0v) is 16.2. The van der Waals surface area contributed by atoms with Crippen molar-refractivity contribution in [1.82, 2.24) is 4.90 Å². The van der Waals surface area contributed by atoms with Crippen molar-refractivity contribution in [1.29, 1.82) is 0 Å². The van der Waals surface area contributed by atoms with Crippen molar-refractivity contribution in [3.8, 4) is 5.75 Å². The van der Waals surface area contributed by atoms with Gasteiger partial charge in [0, 0.05) is 23.5 Å². The second-order valence-corrected chi connectivity index (χ2v) is 8.04. The number of fused-ring (bicyclic) bond motifs is 3. The van der Waals surface area contributed by atoms with E-state index < -0.39 is 0 Å². The standard InChI is InChI=1S/C20H21BrN2O2/c1-20-9-10-22(2)19(20)23(3)17-15(20)11-14(12-16(17)21)25-18(24)13-7-5-4-6-8-13/h4-8,11-12,19H,9-10H2,1-3H3/t19-,20+/m1/s1. The van der Waals surface area contributed by atoms with Gasteiger partial charge in [-0.25, -0.2) is 4.79 Å². The molecule has 2 aliphatic rings. The molecule has 0 aliphatic carbocycles. The molecule has 0 spiro atoms. The van der Waals surface area contributed by atoms with Gasteiger partial charge < -0.3 is 9.64 Å². The van der Waals surface area contributed by atoms with Crippen LogP contribution in [0.4, 0.5) is 5.69 Å². The van der Waals surface area contributed by atoms with E-state index in [4.69, 9.17) is 4.74 Å². The molecule has 2 aromatic carbocycles. The van der Waals surface area contributed by atoms with Crippen molar-refractivity contribution in [3.05, 3.63) is 58.1 Å². The molecule has 2 atom stereocenters. The highest BCUT2D eigenvalue weighted by Crippen LogP contribution is 2.54. The number of hydrogen-bond acceptors (Lipinski definition) is 4. The second-order valence-electron chi connectivity index (χ2n) is 7.19. The van der Waals surface area contributed by atoms with Gasteiger partial charge in [-0.05, 0) is 59.2 Å². The lowest BCUT2D eigenvalue weighted by Crippen LogP contribution is -2.45. The van der Waals surface area contributed by atoms with E-state index in [0.29, 0.717) is 17.5 Å². The minimum Gasteiger partial charge on any atom is -0.423 e. The number of likely N-dealkylation sites (tertiary alicyclic amines) is 1. The van der Waals surface area contributed by atoms with Crippen molar-refractivity contribution in [2.24, 2.45) is 0 Å². The molecule has 0 unspecified atom stereocenters. The lowest BCUT2D eigenvalue weighted by Gasteiger charge is -2.32. The molecule has 2 aromatic rings. The molecular formula is C20H21BrN2O2. The fraction of sp³-hybridized carbons (Fsp3) is 0.350. The van der Waals surface area contributed by atoms with Gasteiger partial charge >= 0.3 is 5.97 Å². The van der Waals surface area contributed by atoms with Crippen LogP contribution in [-0.2, 0) is 5.41 Å². The Kier molecular flexibility index (Phi) is 3.89. The molecule has 130 valence electrons. The van der Waals surface area contributed by atoms with Crippen LogP contribution in [-0.4, -0.2) is 37.7 Å². The third-order valence-corrected chi connectivity index (χ3v) is 6.17. The van der Waals surface area contributed by atoms with Crippen LogP contribution in [0.3, 0.4) is 0 Å². The zero-order chi connectivity index (χ0) is 17.8. The third-order valence-electron chi connectivity index (χ3n) is 5.56. The Balaban J connectivity index is 1.71. The van der Waals surface area contributed by atoms with Crippen LogP contribution in [0, 0.1) is 0 Å². The molecule has 0 N–H and O–H groups in total. The Morgan fingerprint density at radius 1 is 1.24 bits per heavy atom. The van der Waals surface area contributed by atoms with Gasteiger partial charge in [0.1, 0.15) is 5.75 Å². The summed E-state index contributed by atoms with van der Waals surface area (Å²) in [6, 6.07) is 13.0. The Morgan fingerprint density at radius 2 is 1.96 bits per heavy atom. The maximum absolute atomic E-state index is 12.4. The van der Waals surface area contributed by atoms with Gasteiger partial charge in [0.25, 0.3) is 0 Å². The third kappa shape index (κ3) is 2.49. The first-order valence-electron chi connectivity index (χ1n) is 8.46. The minimum atomic E-state index is -0.330. The number of hydrogen-bond donors (Lipinski definition) is 0. The predicted octanol–water partition coefficient (Wildman–Crippen LogP) is 4.04. The summed E-state index contributed by atoms with van der Waals surface area (Å²) in [7, 11) is 4.31. The van der Waals surface area contributed by atoms with Crippen LogP contribution in [0.2, 0.25) is 0 Å². The molecule has 0 amide bonds. The first-order valence-corrected chi connectivity index (χ1v) is 9.25. The van der Waals surface area contributed by atoms with Crippen LogP contribution in [0.15, 0.2) is 46.9 Å². The molecule has 2 heterocycles. The highest BCUT2D eigenvalue weighted by Gasteiger charge is 2.53. The highest BCUT2D eigenvalue weighted by molar-refractivity contribution is 9.10. The monoisotopic (exact) mass is 400 g/mol. The maximum Gasteiger partial charge on any atom is 0.343 e. The predicted molar refractivity (Wildman–Crippen MR) is 102 cm³/mol. The van der Waals surface area contributed by atoms with Crippen molar-refractivity contribution in [2.45, 2.75) is 24.9 Å². The summed E-state index contributed by atoms with van der Waals surface area (Å²) < 4.78 is 6.63. The lowest BCUT2D eigenvalue weighted by atomic mass is 9.81. The summed E-state index contributed by atoms with van der Waals surface area (Å²) in [4.78, 5) is 17.1. The van der Waals surface area contributed by atoms with Crippen LogP contribution < -0.4 is 9.64 Å². The fourth-order valence-corrected chi connectivity index (χ4v) is 5.15. The number of halogens is 1. The van der Waals surface area contributed by atoms with Crippen molar-refractivity contribution >= 4 is 27.6 Å². The summed E-state index contributed by atoms with van der Waals surface area (Å²) >= 11 is 3.69. The number of anilines is 1. The molecular weight excluding hydrogens is 380 g/mol. The van der Waals surface area contributed by atoms with E-state index in [2.05, 4.69) is 46.7 Å². The number of carbonyl (C=O) groups excluding carboxylic acids is 1. The van der Waals surface area contributed by atoms with Gasteiger partial charge in [0.05, 0.1) is 17.4 Å². The SMILES string of the molecule is CN1CC[C@@]2(C)c3cc(OC(=O)c4ccccc4)cc(Br)c3N(C)[C@@H]12. The molecule has 1 saturated heterocycles. The van der Waals surface area contributed by atoms with Crippen LogP contribution in [0.1, 0.15) is 29.3 Å². The van der Waals surface area contributed by atoms with Gasteiger partial charge in [-0.1, -0.05) is 25.1 Å². The molecule has 5 heteroatoms. The minimum absolute atomic E-state index is 0.0382. The van der Waals surface area contributed by atoms with Crippen molar-refractivity contribution in [2.75, 3.05) is 25.5 Å². The van der Waals surface area contributed by atoms with Gasteiger partial charge in [-0.2, -0.15) is 0 Å². The molecule has 2 aliphatic heterocycles. The van der Waals surface area contributed by atoms with Gasteiger partial charge in [-0.3, -0.25) is 4.90 Å². The van der Waals surface area contributed by atoms with E-state index in [0.717, 1.165) is 17.4 Å². The highest BCUT2D eigenvalue weighted by atomic mass is 79.9. The van der Waals surface area contributed by atoms with E-state index in [9.17, 15) is 4.79 Å². The number of rotatable bonds is 2. The van der Waals surface area contributed by atoms with Crippen molar-refractivity contribution < 1.29 is 9.53 Å². The van der Waals surface area contributed by atoms with Gasteiger partial charge in [0.15, 0.2) is 0 Å². The Bertz CT molecular complexity index is 839. The van der Waals surface area contributed by atoms with E-state index >= 15 is 0 Å². The molecule has 1 fully saturated rings. The largest absolute Gasteiger partial charge is 0.423 e. The molecule has 4 nitrogen and oxygen atoms in total. The summed E-state index contributed by atoms with van der Waals surface area (Å²) in [5.74, 6) is 0.258. The average Bonchev–Trinajstić information content (AvgIpc) is 3.01. The molecule has 0 radical (unpaired) electrons. The van der Waals surface area contributed by atoms with Gasteiger partial charge in [-0.15, -0.1) is 0 Å².